The SMILES string of the molecule is CCCCCCC(CCCCCC)n1c(=O)c2ccc3c4ccc5c(=O)n(C(CCCCCC)CCCCCC)c(=O)c6cc7c8c(=O)n(Cc9ccc(-c%10ccc(C=NCCCC)cc%10)cc9)c(=O)c8c8cc(c1=O)c2c3c8c7c4c56. The van der Waals surface area contributed by atoms with Crippen LogP contribution in [-0.2, 0) is 6.54 Å². The fourth-order valence-corrected chi connectivity index (χ4v) is 14.0. The van der Waals surface area contributed by atoms with Gasteiger partial charge in [-0.15, -0.1) is 0 Å². The number of hydrogen-bond donors (Lipinski definition) is 0. The van der Waals surface area contributed by atoms with Gasteiger partial charge in [0.1, 0.15) is 0 Å². The van der Waals surface area contributed by atoms with Gasteiger partial charge in [0, 0.05) is 57.2 Å². The Morgan fingerprint density at radius 1 is 0.354 bits per heavy atom. The molecule has 3 aromatic heterocycles. The smallest absolute Gasteiger partial charge is 0.262 e. The Kier molecular flexibility index (Phi) is 17.0. The van der Waals surface area contributed by atoms with Gasteiger partial charge in [0.05, 0.1) is 17.3 Å². The predicted molar refractivity (Wildman–Crippen MR) is 345 cm³/mol. The van der Waals surface area contributed by atoms with Crippen molar-refractivity contribution >= 4 is 92.4 Å². The molecule has 0 aliphatic carbocycles. The molecule has 3 heterocycles. The van der Waals surface area contributed by atoms with E-state index in [0.29, 0.717) is 90.3 Å². The van der Waals surface area contributed by atoms with Crippen molar-refractivity contribution in [3.05, 3.63) is 158 Å². The third-order valence-electron chi connectivity index (χ3n) is 18.3. The highest BCUT2D eigenvalue weighted by Crippen LogP contribution is 2.50. The number of unbranched alkanes of at least 4 members (excludes halogenated alkanes) is 13. The van der Waals surface area contributed by atoms with Crippen molar-refractivity contribution in [3.8, 4) is 11.1 Å². The lowest BCUT2D eigenvalue weighted by Gasteiger charge is -2.24. The number of nitrogens with zero attached hydrogens (tertiary/aromatic N) is 4. The summed E-state index contributed by atoms with van der Waals surface area (Å²) in [7, 11) is 0. The third kappa shape index (κ3) is 10.1. The summed E-state index contributed by atoms with van der Waals surface area (Å²) in [6.45, 7) is 11.7. The number of benzene rings is 8. The molecule has 10 heteroatoms. The average Bonchev–Trinajstić information content (AvgIpc) is 1.15. The van der Waals surface area contributed by atoms with Crippen molar-refractivity contribution in [2.24, 2.45) is 4.99 Å². The van der Waals surface area contributed by atoms with Gasteiger partial charge >= 0.3 is 0 Å². The Balaban J connectivity index is 1.17. The number of pyridine rings is 2. The largest absolute Gasteiger partial charge is 0.293 e. The van der Waals surface area contributed by atoms with Gasteiger partial charge in [0.15, 0.2) is 0 Å². The molecule has 11 rings (SSSR count). The van der Waals surface area contributed by atoms with Gasteiger partial charge in [0.25, 0.3) is 33.4 Å². The lowest BCUT2D eigenvalue weighted by atomic mass is 9.81. The van der Waals surface area contributed by atoms with Gasteiger partial charge in [-0.2, -0.15) is 0 Å². The minimum atomic E-state index is -0.483. The first kappa shape index (κ1) is 56.5. The molecule has 0 amide bonds. The van der Waals surface area contributed by atoms with Crippen LogP contribution in [0.5, 0.6) is 0 Å². The van der Waals surface area contributed by atoms with Gasteiger partial charge in [-0.3, -0.25) is 47.5 Å². The van der Waals surface area contributed by atoms with Crippen molar-refractivity contribution in [1.82, 2.24) is 13.7 Å². The van der Waals surface area contributed by atoms with Gasteiger partial charge < -0.3 is 0 Å². The standard InChI is InChI=1S/C72H80N4O6/c1-6-11-16-20-24-49(25-21-17-12-7-2)75-67(77)53-38-36-51-52-37-39-54-60-58(70(80)76(68(54)78)50(26-22-18-13-8-3)27-23-19-14-9-4)42-56-64(62(52)60)63-55(41-57(69(75)79)59(53)61(51)63)65-66(56)72(82)74(71(65)81)44-46-30-34-48(35-31-46)47-32-28-45(29-33-47)43-73-40-15-10-5/h28-39,41-43,49-50H,6-27,40,44H2,1-5H3. The van der Waals surface area contributed by atoms with E-state index in [9.17, 15) is 0 Å². The number of aliphatic imine (C=N–C) groups is 1. The Morgan fingerprint density at radius 3 is 1.12 bits per heavy atom. The molecule has 0 saturated heterocycles. The molecule has 424 valence electrons. The molecular formula is C72H80N4O6. The van der Waals surface area contributed by atoms with E-state index in [1.165, 1.54) is 13.7 Å². The molecule has 0 bridgehead atoms. The monoisotopic (exact) mass is 1100 g/mol. The van der Waals surface area contributed by atoms with Crippen LogP contribution in [0.1, 0.15) is 199 Å². The van der Waals surface area contributed by atoms with Crippen LogP contribution in [-0.4, -0.2) is 26.5 Å². The minimum Gasteiger partial charge on any atom is -0.293 e. The normalized spacial score (nSPS) is 12.6. The Hall–Kier alpha value is -7.33. The van der Waals surface area contributed by atoms with Crippen molar-refractivity contribution < 1.29 is 0 Å². The summed E-state index contributed by atoms with van der Waals surface area (Å²) in [5, 5.41) is 8.14. The Labute approximate surface area is 479 Å². The van der Waals surface area contributed by atoms with Crippen LogP contribution in [0.15, 0.2) is 119 Å². The molecule has 11 aromatic rings. The second-order valence-corrected chi connectivity index (χ2v) is 23.8. The summed E-state index contributed by atoms with van der Waals surface area (Å²) in [6, 6.07) is 26.8. The number of rotatable bonds is 29. The maximum atomic E-state index is 15.6. The average molecular weight is 1100 g/mol. The maximum Gasteiger partial charge on any atom is 0.262 e. The molecule has 0 fully saturated rings. The first-order valence-corrected chi connectivity index (χ1v) is 31.4. The van der Waals surface area contributed by atoms with E-state index in [-0.39, 0.29) is 51.6 Å². The predicted octanol–water partition coefficient (Wildman–Crippen LogP) is 16.6. The molecule has 0 aliphatic rings. The van der Waals surface area contributed by atoms with E-state index < -0.39 is 11.1 Å². The second kappa shape index (κ2) is 24.6. The first-order valence-electron chi connectivity index (χ1n) is 31.4. The van der Waals surface area contributed by atoms with E-state index in [0.717, 1.165) is 155 Å². The lowest BCUT2D eigenvalue weighted by molar-refractivity contribution is 0.384. The number of hydrogen-bond acceptors (Lipinski definition) is 7. The van der Waals surface area contributed by atoms with Gasteiger partial charge in [-0.1, -0.05) is 204 Å². The van der Waals surface area contributed by atoms with E-state index in [2.05, 4.69) is 63.9 Å². The number of fused-ring (bicyclic) bond motifs is 4. The highest BCUT2D eigenvalue weighted by atomic mass is 16.2. The van der Waals surface area contributed by atoms with Crippen LogP contribution < -0.4 is 33.4 Å². The van der Waals surface area contributed by atoms with Crippen LogP contribution >= 0.6 is 0 Å². The van der Waals surface area contributed by atoms with Gasteiger partial charge in [-0.25, -0.2) is 0 Å². The zero-order chi connectivity index (χ0) is 57.2. The lowest BCUT2D eigenvalue weighted by Crippen LogP contribution is -2.37. The molecule has 0 unspecified atom stereocenters. The third-order valence-corrected chi connectivity index (χ3v) is 18.3. The summed E-state index contributed by atoms with van der Waals surface area (Å²) in [6.07, 6.45) is 23.2. The van der Waals surface area contributed by atoms with Crippen molar-refractivity contribution in [1.29, 1.82) is 0 Å². The molecule has 8 aromatic carbocycles. The fraction of sp³-hybridized carbons (Fsp3) is 0.431. The molecule has 0 saturated carbocycles. The van der Waals surface area contributed by atoms with Crippen molar-refractivity contribution in [2.75, 3.05) is 6.54 Å². The molecule has 0 aliphatic heterocycles. The summed E-state index contributed by atoms with van der Waals surface area (Å²) in [5.41, 5.74) is 1.47. The van der Waals surface area contributed by atoms with Crippen LogP contribution in [0.2, 0.25) is 0 Å². The summed E-state index contributed by atoms with van der Waals surface area (Å²) >= 11 is 0. The zero-order valence-electron chi connectivity index (χ0n) is 49.0. The van der Waals surface area contributed by atoms with Gasteiger partial charge in [0.2, 0.25) is 0 Å². The molecule has 0 radical (unpaired) electrons. The molecule has 0 atom stereocenters. The number of aromatic nitrogens is 3. The minimum absolute atomic E-state index is 0.00759. The van der Waals surface area contributed by atoms with Crippen LogP contribution in [0.4, 0.5) is 0 Å². The molecule has 10 nitrogen and oxygen atoms in total. The quantitative estimate of drug-likeness (QED) is 0.0199. The van der Waals surface area contributed by atoms with E-state index in [1.807, 2.05) is 54.7 Å². The fourth-order valence-electron chi connectivity index (χ4n) is 14.0. The second-order valence-electron chi connectivity index (χ2n) is 23.8. The van der Waals surface area contributed by atoms with Crippen LogP contribution in [0.3, 0.4) is 0 Å². The van der Waals surface area contributed by atoms with Crippen LogP contribution in [0.25, 0.3) is 97.3 Å². The highest BCUT2D eigenvalue weighted by Gasteiger charge is 2.32. The molecular weight excluding hydrogens is 1020 g/mol. The van der Waals surface area contributed by atoms with Crippen molar-refractivity contribution in [2.45, 2.75) is 195 Å². The van der Waals surface area contributed by atoms with Gasteiger partial charge in [-0.05, 0) is 122 Å². The van der Waals surface area contributed by atoms with E-state index in [4.69, 9.17) is 0 Å². The summed E-state index contributed by atoms with van der Waals surface area (Å²) in [5.74, 6) is 0. The molecule has 82 heavy (non-hydrogen) atoms. The highest BCUT2D eigenvalue weighted by molar-refractivity contribution is 6.48. The molecule has 0 N–H and O–H groups in total. The summed E-state index contributed by atoms with van der Waals surface area (Å²) in [4.78, 5) is 97.4. The van der Waals surface area contributed by atoms with E-state index in [1.54, 1.807) is 12.1 Å². The maximum absolute atomic E-state index is 15.6. The Morgan fingerprint density at radius 2 is 0.720 bits per heavy atom. The summed E-state index contributed by atoms with van der Waals surface area (Å²) < 4.78 is 4.35. The Bertz CT molecular complexity index is 4190. The molecule has 0 spiro atoms. The first-order chi connectivity index (χ1) is 40.1. The van der Waals surface area contributed by atoms with Crippen LogP contribution in [0, 0.1) is 0 Å². The topological polar surface area (TPSA) is 130 Å². The zero-order valence-corrected chi connectivity index (χ0v) is 49.0. The van der Waals surface area contributed by atoms with E-state index >= 15 is 28.8 Å². The van der Waals surface area contributed by atoms with Crippen molar-refractivity contribution in [3.63, 3.8) is 0 Å².